The molecule has 0 spiro atoms. The van der Waals surface area contributed by atoms with Gasteiger partial charge in [-0.3, -0.25) is 4.79 Å². The summed E-state index contributed by atoms with van der Waals surface area (Å²) >= 11 is 1.89. The Hall–Kier alpha value is -3.59. The summed E-state index contributed by atoms with van der Waals surface area (Å²) in [5.74, 6) is 3.67. The Morgan fingerprint density at radius 1 is 1.00 bits per heavy atom. The fraction of sp³-hybridized carbons (Fsp3) is 0.280. The monoisotopic (exact) mass is 475 g/mol. The first kappa shape index (κ1) is 22.2. The van der Waals surface area contributed by atoms with Crippen molar-refractivity contribution in [3.8, 4) is 34.3 Å². The van der Waals surface area contributed by atoms with E-state index in [0.29, 0.717) is 23.0 Å². The first-order chi connectivity index (χ1) is 16.5. The molecule has 5 rings (SSSR count). The largest absolute Gasteiger partial charge is 0.497 e. The third-order valence-corrected chi connectivity index (χ3v) is 6.81. The van der Waals surface area contributed by atoms with E-state index in [0.717, 1.165) is 52.9 Å². The number of aromatic nitrogens is 4. The normalized spacial score (nSPS) is 13.8. The van der Waals surface area contributed by atoms with E-state index in [-0.39, 0.29) is 5.91 Å². The van der Waals surface area contributed by atoms with Gasteiger partial charge in [0.05, 0.1) is 18.5 Å². The smallest absolute Gasteiger partial charge is 0.268 e. The van der Waals surface area contributed by atoms with Gasteiger partial charge in [-0.05, 0) is 55.5 Å². The Kier molecular flexibility index (Phi) is 6.10. The lowest BCUT2D eigenvalue weighted by Crippen LogP contribution is -2.37. The molecule has 3 heterocycles. The molecule has 1 fully saturated rings. The minimum Gasteiger partial charge on any atom is -0.497 e. The zero-order chi connectivity index (χ0) is 23.7. The molecule has 0 unspecified atom stereocenters. The average molecular weight is 476 g/mol. The fourth-order valence-corrected chi connectivity index (χ4v) is 4.96. The third-order valence-electron chi connectivity index (χ3n) is 5.87. The molecule has 1 saturated heterocycles. The van der Waals surface area contributed by atoms with E-state index >= 15 is 0 Å². The van der Waals surface area contributed by atoms with Gasteiger partial charge in [0, 0.05) is 48.2 Å². The maximum atomic E-state index is 12.9. The molecule has 174 valence electrons. The summed E-state index contributed by atoms with van der Waals surface area (Å²) < 4.78 is 12.9. The molecule has 0 radical (unpaired) electrons. The zero-order valence-electron chi connectivity index (χ0n) is 19.3. The third kappa shape index (κ3) is 4.19. The van der Waals surface area contributed by atoms with E-state index in [4.69, 9.17) is 14.3 Å². The zero-order valence-corrected chi connectivity index (χ0v) is 20.1. The molecule has 0 saturated carbocycles. The molecule has 4 aromatic rings. The highest BCUT2D eigenvalue weighted by Gasteiger charge is 2.23. The molecule has 8 nitrogen and oxygen atoms in total. The number of nitrogens with zero attached hydrogens (tertiary/aromatic N) is 5. The number of aryl methyl sites for hydroxylation is 1. The van der Waals surface area contributed by atoms with Crippen molar-refractivity contribution in [3.05, 3.63) is 65.5 Å². The van der Waals surface area contributed by atoms with Gasteiger partial charge in [0.15, 0.2) is 5.69 Å². The highest BCUT2D eigenvalue weighted by molar-refractivity contribution is 7.99. The van der Waals surface area contributed by atoms with Crippen LogP contribution in [0.1, 0.15) is 21.8 Å². The summed E-state index contributed by atoms with van der Waals surface area (Å²) in [5, 5.41) is 13.0. The molecule has 1 aliphatic rings. The molecular weight excluding hydrogens is 450 g/mol. The number of hydrogen-bond donors (Lipinski definition) is 0. The van der Waals surface area contributed by atoms with E-state index in [1.807, 2.05) is 76.8 Å². The number of carbonyl (C=O) groups is 1. The number of methoxy groups -OCH3 is 1. The summed E-state index contributed by atoms with van der Waals surface area (Å²) in [4.78, 5) is 14.8. The molecule has 0 bridgehead atoms. The number of benzene rings is 2. The van der Waals surface area contributed by atoms with Crippen molar-refractivity contribution >= 4 is 17.7 Å². The van der Waals surface area contributed by atoms with E-state index in [1.165, 1.54) is 0 Å². The quantitative estimate of drug-likeness (QED) is 0.423. The predicted molar refractivity (Wildman–Crippen MR) is 132 cm³/mol. The maximum Gasteiger partial charge on any atom is 0.268 e. The van der Waals surface area contributed by atoms with Crippen molar-refractivity contribution < 1.29 is 13.9 Å². The van der Waals surface area contributed by atoms with Crippen molar-refractivity contribution in [2.45, 2.75) is 13.8 Å². The van der Waals surface area contributed by atoms with E-state index in [2.05, 4.69) is 10.2 Å². The van der Waals surface area contributed by atoms with E-state index < -0.39 is 0 Å². The SMILES string of the molecule is COc1ccc(-c2c(C)c(-c3nnc(C)o3)nn2-c2ccc(C(=O)N3CCSCC3)cc2)cc1. The van der Waals surface area contributed by atoms with Gasteiger partial charge >= 0.3 is 0 Å². The number of amides is 1. The van der Waals surface area contributed by atoms with Crippen molar-refractivity contribution in [1.82, 2.24) is 24.9 Å². The second-order valence-electron chi connectivity index (χ2n) is 8.04. The molecule has 0 N–H and O–H groups in total. The fourth-order valence-electron chi connectivity index (χ4n) is 4.06. The molecule has 1 aliphatic heterocycles. The van der Waals surface area contributed by atoms with Crippen LogP contribution >= 0.6 is 11.8 Å². The van der Waals surface area contributed by atoms with Crippen LogP contribution in [0.5, 0.6) is 5.75 Å². The van der Waals surface area contributed by atoms with Gasteiger partial charge in [0.1, 0.15) is 5.75 Å². The topological polar surface area (TPSA) is 86.3 Å². The molecular formula is C25H25N5O3S. The number of rotatable bonds is 5. The minimum absolute atomic E-state index is 0.0703. The van der Waals surface area contributed by atoms with Crippen LogP contribution < -0.4 is 4.74 Å². The van der Waals surface area contributed by atoms with Crippen LogP contribution in [-0.4, -0.2) is 62.5 Å². The molecule has 9 heteroatoms. The second-order valence-corrected chi connectivity index (χ2v) is 9.26. The van der Waals surface area contributed by atoms with Crippen LogP contribution in [0.15, 0.2) is 52.9 Å². The van der Waals surface area contributed by atoms with Crippen molar-refractivity contribution in [2.24, 2.45) is 0 Å². The lowest BCUT2D eigenvalue weighted by molar-refractivity contribution is 0.0772. The maximum absolute atomic E-state index is 12.9. The standard InChI is InChI=1S/C25H25N5O3S/c1-16-22(24-27-26-17(2)33-24)28-30(23(16)18-6-10-21(32-3)11-7-18)20-8-4-19(5-9-20)25(31)29-12-14-34-15-13-29/h4-11H,12-15H2,1-3H3. The summed E-state index contributed by atoms with van der Waals surface area (Å²) in [6.45, 7) is 5.32. The molecule has 0 aliphatic carbocycles. The van der Waals surface area contributed by atoms with Gasteiger partial charge in [-0.1, -0.05) is 0 Å². The summed E-state index contributed by atoms with van der Waals surface area (Å²) in [5.41, 5.74) is 4.93. The molecule has 0 atom stereocenters. The molecule has 34 heavy (non-hydrogen) atoms. The van der Waals surface area contributed by atoms with Gasteiger partial charge in [0.2, 0.25) is 5.89 Å². The minimum atomic E-state index is 0.0703. The average Bonchev–Trinajstić information content (AvgIpc) is 3.47. The Balaban J connectivity index is 1.56. The highest BCUT2D eigenvalue weighted by atomic mass is 32.2. The van der Waals surface area contributed by atoms with E-state index in [1.54, 1.807) is 14.0 Å². The predicted octanol–water partition coefficient (Wildman–Crippen LogP) is 4.40. The number of thioether (sulfide) groups is 1. The van der Waals surface area contributed by atoms with Crippen LogP contribution in [0.3, 0.4) is 0 Å². The summed E-state index contributed by atoms with van der Waals surface area (Å²) in [7, 11) is 1.64. The van der Waals surface area contributed by atoms with E-state index in [9.17, 15) is 4.79 Å². The first-order valence-corrected chi connectivity index (χ1v) is 12.2. The Morgan fingerprint density at radius 3 is 2.32 bits per heavy atom. The van der Waals surface area contributed by atoms with Gasteiger partial charge in [-0.2, -0.15) is 16.9 Å². The van der Waals surface area contributed by atoms with Crippen LogP contribution in [0.2, 0.25) is 0 Å². The van der Waals surface area contributed by atoms with Gasteiger partial charge in [-0.25, -0.2) is 4.68 Å². The van der Waals surface area contributed by atoms with Crippen LogP contribution in [0, 0.1) is 13.8 Å². The van der Waals surface area contributed by atoms with Crippen LogP contribution in [0.25, 0.3) is 28.5 Å². The molecule has 2 aromatic heterocycles. The Labute approximate surface area is 201 Å². The lowest BCUT2D eigenvalue weighted by atomic mass is 10.1. The Bertz CT molecular complexity index is 1310. The Morgan fingerprint density at radius 2 is 1.71 bits per heavy atom. The van der Waals surface area contributed by atoms with Gasteiger partial charge < -0.3 is 14.1 Å². The van der Waals surface area contributed by atoms with Crippen LogP contribution in [-0.2, 0) is 0 Å². The second kappa shape index (κ2) is 9.34. The van der Waals surface area contributed by atoms with Crippen molar-refractivity contribution in [1.29, 1.82) is 0 Å². The van der Waals surface area contributed by atoms with Crippen molar-refractivity contribution in [2.75, 3.05) is 31.7 Å². The lowest BCUT2D eigenvalue weighted by Gasteiger charge is -2.26. The number of carbonyl (C=O) groups excluding carboxylic acids is 1. The summed E-state index contributed by atoms with van der Waals surface area (Å²) in [6.07, 6.45) is 0. The molecule has 1 amide bonds. The summed E-state index contributed by atoms with van der Waals surface area (Å²) in [6, 6.07) is 15.4. The first-order valence-electron chi connectivity index (χ1n) is 11.1. The van der Waals surface area contributed by atoms with Gasteiger partial charge in [-0.15, -0.1) is 10.2 Å². The number of hydrogen-bond acceptors (Lipinski definition) is 7. The number of ether oxygens (including phenoxy) is 1. The van der Waals surface area contributed by atoms with Crippen molar-refractivity contribution in [3.63, 3.8) is 0 Å². The highest BCUT2D eigenvalue weighted by Crippen LogP contribution is 2.34. The van der Waals surface area contributed by atoms with Gasteiger partial charge in [0.25, 0.3) is 11.8 Å². The molecule has 2 aromatic carbocycles. The van der Waals surface area contributed by atoms with Crippen LogP contribution in [0.4, 0.5) is 0 Å².